The molecule has 0 aliphatic carbocycles. The van der Waals surface area contributed by atoms with Gasteiger partial charge in [-0.25, -0.2) is 4.98 Å². The minimum atomic E-state index is 0.486. The molecule has 3 aromatic rings. The molecule has 17 heavy (non-hydrogen) atoms. The third-order valence-electron chi connectivity index (χ3n) is 2.81. The second-order valence-corrected chi connectivity index (χ2v) is 3.97. The second kappa shape index (κ2) is 3.97. The SMILES string of the molecule is Cn1ccnc1COc1ccc2[nH]ccc2c1. The molecule has 0 bridgehead atoms. The van der Waals surface area contributed by atoms with E-state index >= 15 is 0 Å². The van der Waals surface area contributed by atoms with E-state index < -0.39 is 0 Å². The number of benzene rings is 1. The maximum atomic E-state index is 5.71. The largest absolute Gasteiger partial charge is 0.486 e. The number of aromatic amines is 1. The minimum absolute atomic E-state index is 0.486. The fraction of sp³-hybridized carbons (Fsp3) is 0.154. The maximum absolute atomic E-state index is 5.71. The topological polar surface area (TPSA) is 42.8 Å². The fourth-order valence-corrected chi connectivity index (χ4v) is 1.80. The number of aryl methyl sites for hydroxylation is 1. The van der Waals surface area contributed by atoms with Gasteiger partial charge in [-0.05, 0) is 24.3 Å². The Labute approximate surface area is 98.9 Å². The smallest absolute Gasteiger partial charge is 0.146 e. The zero-order valence-corrected chi connectivity index (χ0v) is 9.55. The summed E-state index contributed by atoms with van der Waals surface area (Å²) < 4.78 is 7.66. The van der Waals surface area contributed by atoms with Gasteiger partial charge in [0.2, 0.25) is 0 Å². The highest BCUT2D eigenvalue weighted by atomic mass is 16.5. The van der Waals surface area contributed by atoms with Crippen LogP contribution in [0.25, 0.3) is 10.9 Å². The molecular formula is C13H13N3O. The first-order chi connectivity index (χ1) is 8.33. The van der Waals surface area contributed by atoms with E-state index in [0.29, 0.717) is 6.61 Å². The van der Waals surface area contributed by atoms with Crippen LogP contribution in [0.2, 0.25) is 0 Å². The average molecular weight is 227 g/mol. The lowest BCUT2D eigenvalue weighted by atomic mass is 10.2. The van der Waals surface area contributed by atoms with E-state index in [0.717, 1.165) is 22.5 Å². The van der Waals surface area contributed by atoms with Gasteiger partial charge in [-0.1, -0.05) is 0 Å². The van der Waals surface area contributed by atoms with Gasteiger partial charge in [0, 0.05) is 36.5 Å². The summed E-state index contributed by atoms with van der Waals surface area (Å²) in [5.74, 6) is 1.78. The molecule has 2 heterocycles. The molecule has 0 atom stereocenters. The molecule has 0 unspecified atom stereocenters. The van der Waals surface area contributed by atoms with Crippen LogP contribution in [-0.2, 0) is 13.7 Å². The Hall–Kier alpha value is -2.23. The molecule has 0 fully saturated rings. The minimum Gasteiger partial charge on any atom is -0.486 e. The molecule has 0 spiro atoms. The van der Waals surface area contributed by atoms with Gasteiger partial charge in [0.15, 0.2) is 0 Å². The number of H-pyrrole nitrogens is 1. The van der Waals surface area contributed by atoms with Gasteiger partial charge in [-0.15, -0.1) is 0 Å². The summed E-state index contributed by atoms with van der Waals surface area (Å²) in [5.41, 5.74) is 1.12. The Morgan fingerprint density at radius 1 is 1.35 bits per heavy atom. The predicted octanol–water partition coefficient (Wildman–Crippen LogP) is 2.48. The summed E-state index contributed by atoms with van der Waals surface area (Å²) in [7, 11) is 1.96. The molecule has 4 nitrogen and oxygen atoms in total. The molecular weight excluding hydrogens is 214 g/mol. The average Bonchev–Trinajstić information content (AvgIpc) is 2.94. The van der Waals surface area contributed by atoms with Crippen molar-refractivity contribution in [3.05, 3.63) is 48.7 Å². The highest BCUT2D eigenvalue weighted by Gasteiger charge is 2.01. The lowest BCUT2D eigenvalue weighted by Gasteiger charge is -2.06. The first-order valence-corrected chi connectivity index (χ1v) is 5.49. The van der Waals surface area contributed by atoms with Gasteiger partial charge in [-0.3, -0.25) is 0 Å². The number of aromatic nitrogens is 3. The van der Waals surface area contributed by atoms with E-state index in [9.17, 15) is 0 Å². The number of imidazole rings is 1. The number of fused-ring (bicyclic) bond motifs is 1. The van der Waals surface area contributed by atoms with Crippen molar-refractivity contribution in [3.8, 4) is 5.75 Å². The van der Waals surface area contributed by atoms with Crippen molar-refractivity contribution in [1.82, 2.24) is 14.5 Å². The highest BCUT2D eigenvalue weighted by molar-refractivity contribution is 5.80. The van der Waals surface area contributed by atoms with Crippen LogP contribution in [-0.4, -0.2) is 14.5 Å². The van der Waals surface area contributed by atoms with Crippen molar-refractivity contribution in [3.63, 3.8) is 0 Å². The Kier molecular flexibility index (Phi) is 2.33. The lowest BCUT2D eigenvalue weighted by Crippen LogP contribution is -2.02. The summed E-state index contributed by atoms with van der Waals surface area (Å²) in [6, 6.07) is 8.03. The van der Waals surface area contributed by atoms with Gasteiger partial charge >= 0.3 is 0 Å². The zero-order valence-electron chi connectivity index (χ0n) is 9.55. The van der Waals surface area contributed by atoms with E-state index in [1.165, 1.54) is 0 Å². The molecule has 0 saturated heterocycles. The summed E-state index contributed by atoms with van der Waals surface area (Å²) in [5, 5.41) is 1.15. The van der Waals surface area contributed by atoms with Crippen LogP contribution in [0.3, 0.4) is 0 Å². The zero-order chi connectivity index (χ0) is 11.7. The molecule has 1 aromatic carbocycles. The van der Waals surface area contributed by atoms with E-state index in [-0.39, 0.29) is 0 Å². The maximum Gasteiger partial charge on any atom is 0.146 e. The van der Waals surface area contributed by atoms with E-state index in [1.54, 1.807) is 6.20 Å². The molecule has 3 rings (SSSR count). The van der Waals surface area contributed by atoms with Gasteiger partial charge < -0.3 is 14.3 Å². The Morgan fingerprint density at radius 3 is 3.12 bits per heavy atom. The molecule has 0 radical (unpaired) electrons. The van der Waals surface area contributed by atoms with E-state index in [2.05, 4.69) is 9.97 Å². The summed E-state index contributed by atoms with van der Waals surface area (Å²) >= 11 is 0. The third-order valence-corrected chi connectivity index (χ3v) is 2.81. The summed E-state index contributed by atoms with van der Waals surface area (Å²) in [6.45, 7) is 0.486. The molecule has 86 valence electrons. The van der Waals surface area contributed by atoms with Crippen molar-refractivity contribution in [2.75, 3.05) is 0 Å². The Morgan fingerprint density at radius 2 is 2.29 bits per heavy atom. The number of nitrogens with one attached hydrogen (secondary N) is 1. The van der Waals surface area contributed by atoms with Crippen LogP contribution < -0.4 is 4.74 Å². The second-order valence-electron chi connectivity index (χ2n) is 3.97. The van der Waals surface area contributed by atoms with Gasteiger partial charge in [0.05, 0.1) is 0 Å². The van der Waals surface area contributed by atoms with Crippen molar-refractivity contribution >= 4 is 10.9 Å². The van der Waals surface area contributed by atoms with Crippen LogP contribution in [0, 0.1) is 0 Å². The molecule has 2 aromatic heterocycles. The number of nitrogens with zero attached hydrogens (tertiary/aromatic N) is 2. The highest BCUT2D eigenvalue weighted by Crippen LogP contribution is 2.20. The number of ether oxygens (including phenoxy) is 1. The lowest BCUT2D eigenvalue weighted by molar-refractivity contribution is 0.292. The molecule has 0 saturated carbocycles. The first-order valence-electron chi connectivity index (χ1n) is 5.49. The standard InChI is InChI=1S/C13H13N3O/c1-16-7-6-15-13(16)9-17-11-2-3-12-10(8-11)4-5-14-12/h2-8,14H,9H2,1H3. The van der Waals surface area contributed by atoms with Crippen LogP contribution in [0.5, 0.6) is 5.75 Å². The van der Waals surface area contributed by atoms with Crippen LogP contribution >= 0.6 is 0 Å². The van der Waals surface area contributed by atoms with Crippen LogP contribution in [0.15, 0.2) is 42.9 Å². The predicted molar refractivity (Wildman–Crippen MR) is 65.8 cm³/mol. The third kappa shape index (κ3) is 1.89. The number of hydrogen-bond acceptors (Lipinski definition) is 2. The van der Waals surface area contributed by atoms with E-state index in [4.69, 9.17) is 4.74 Å². The van der Waals surface area contributed by atoms with Gasteiger partial charge in [0.1, 0.15) is 18.2 Å². The fourth-order valence-electron chi connectivity index (χ4n) is 1.80. The summed E-state index contributed by atoms with van der Waals surface area (Å²) in [4.78, 5) is 7.37. The Balaban J connectivity index is 1.78. The van der Waals surface area contributed by atoms with E-state index in [1.807, 2.05) is 48.3 Å². The monoisotopic (exact) mass is 227 g/mol. The Bertz CT molecular complexity index is 639. The molecule has 0 amide bonds. The summed E-state index contributed by atoms with van der Waals surface area (Å²) in [6.07, 6.45) is 5.61. The molecule has 1 N–H and O–H groups in total. The molecule has 0 aliphatic heterocycles. The van der Waals surface area contributed by atoms with Gasteiger partial charge in [-0.2, -0.15) is 0 Å². The molecule has 0 aliphatic rings. The quantitative estimate of drug-likeness (QED) is 0.747. The molecule has 4 heteroatoms. The van der Waals surface area contributed by atoms with Crippen LogP contribution in [0.1, 0.15) is 5.82 Å². The van der Waals surface area contributed by atoms with Crippen molar-refractivity contribution in [1.29, 1.82) is 0 Å². The van der Waals surface area contributed by atoms with Crippen molar-refractivity contribution in [2.45, 2.75) is 6.61 Å². The number of rotatable bonds is 3. The number of hydrogen-bond donors (Lipinski definition) is 1. The normalized spacial score (nSPS) is 10.9. The van der Waals surface area contributed by atoms with Crippen molar-refractivity contribution < 1.29 is 4.74 Å². The first kappa shape index (κ1) is 9.96. The van der Waals surface area contributed by atoms with Crippen molar-refractivity contribution in [2.24, 2.45) is 7.05 Å². The van der Waals surface area contributed by atoms with Gasteiger partial charge in [0.25, 0.3) is 0 Å². The van der Waals surface area contributed by atoms with Crippen LogP contribution in [0.4, 0.5) is 0 Å².